The normalized spacial score (nSPS) is 22.7. The molecule has 0 unspecified atom stereocenters. The van der Waals surface area contributed by atoms with Gasteiger partial charge >= 0.3 is 0 Å². The average molecular weight is 268 g/mol. The Morgan fingerprint density at radius 2 is 1.74 bits per heavy atom. The third-order valence-electron chi connectivity index (χ3n) is 3.89. The van der Waals surface area contributed by atoms with Gasteiger partial charge in [0.05, 0.1) is 0 Å². The summed E-state index contributed by atoms with van der Waals surface area (Å²) in [5, 5.41) is 2.68. The first kappa shape index (κ1) is 15.7. The maximum atomic E-state index is 11.7. The Morgan fingerprint density at radius 3 is 2.16 bits per heavy atom. The zero-order chi connectivity index (χ0) is 14.4. The van der Waals surface area contributed by atoms with E-state index in [9.17, 15) is 14.4 Å². The van der Waals surface area contributed by atoms with Crippen LogP contribution in [0.25, 0.3) is 0 Å². The quantitative estimate of drug-likeness (QED) is 0.836. The maximum absolute atomic E-state index is 11.7. The van der Waals surface area contributed by atoms with Crippen molar-refractivity contribution >= 4 is 17.7 Å². The number of amides is 3. The average Bonchev–Trinajstić information content (AvgIpc) is 2.43. The minimum atomic E-state index is -0.180. The molecule has 1 rings (SSSR count). The molecule has 0 aromatic heterocycles. The molecule has 0 aromatic rings. The van der Waals surface area contributed by atoms with E-state index in [-0.39, 0.29) is 23.6 Å². The van der Waals surface area contributed by atoms with Crippen LogP contribution >= 0.6 is 0 Å². The van der Waals surface area contributed by atoms with E-state index in [4.69, 9.17) is 0 Å². The first-order valence-electron chi connectivity index (χ1n) is 7.02. The molecular weight excluding hydrogens is 244 g/mol. The fourth-order valence-electron chi connectivity index (χ4n) is 2.67. The van der Waals surface area contributed by atoms with Crippen LogP contribution < -0.4 is 5.32 Å². The zero-order valence-electron chi connectivity index (χ0n) is 12.1. The van der Waals surface area contributed by atoms with Crippen LogP contribution in [0.4, 0.5) is 0 Å². The summed E-state index contributed by atoms with van der Waals surface area (Å²) in [5.74, 6) is 0.238. The van der Waals surface area contributed by atoms with Gasteiger partial charge in [-0.1, -0.05) is 6.92 Å². The Bertz CT molecular complexity index is 347. The van der Waals surface area contributed by atoms with Gasteiger partial charge < -0.3 is 5.32 Å². The van der Waals surface area contributed by atoms with Gasteiger partial charge in [-0.15, -0.1) is 0 Å². The molecule has 0 aliphatic heterocycles. The van der Waals surface area contributed by atoms with E-state index in [0.29, 0.717) is 18.9 Å². The second kappa shape index (κ2) is 7.26. The third-order valence-corrected chi connectivity index (χ3v) is 3.89. The fourth-order valence-corrected chi connectivity index (χ4v) is 2.67. The van der Waals surface area contributed by atoms with Crippen molar-refractivity contribution in [3.63, 3.8) is 0 Å². The predicted molar refractivity (Wildman–Crippen MR) is 72.2 cm³/mol. The van der Waals surface area contributed by atoms with Crippen molar-refractivity contribution < 1.29 is 14.4 Å². The molecule has 1 saturated carbocycles. The molecular formula is C14H24N2O3. The summed E-state index contributed by atoms with van der Waals surface area (Å²) in [4.78, 5) is 36.0. The first-order chi connectivity index (χ1) is 8.99. The van der Waals surface area contributed by atoms with Crippen LogP contribution in [0.5, 0.6) is 0 Å². The Labute approximate surface area is 114 Å². The molecule has 108 valence electrons. The lowest BCUT2D eigenvalue weighted by molar-refractivity contribution is -0.144. The van der Waals surface area contributed by atoms with Gasteiger partial charge in [0.2, 0.25) is 17.7 Å². The summed E-state index contributed by atoms with van der Waals surface area (Å²) in [7, 11) is 1.66. The van der Waals surface area contributed by atoms with Crippen LogP contribution in [-0.2, 0) is 14.4 Å². The number of hydrogen-bond donors (Lipinski definition) is 1. The molecule has 3 amide bonds. The van der Waals surface area contributed by atoms with E-state index >= 15 is 0 Å². The number of nitrogens with zero attached hydrogens (tertiary/aromatic N) is 1. The van der Waals surface area contributed by atoms with E-state index in [2.05, 4.69) is 5.32 Å². The van der Waals surface area contributed by atoms with Crippen molar-refractivity contribution in [2.75, 3.05) is 13.6 Å². The summed E-state index contributed by atoms with van der Waals surface area (Å²) in [6.45, 7) is 3.70. The molecule has 0 aromatic carbocycles. The van der Waals surface area contributed by atoms with Crippen LogP contribution in [0, 0.1) is 11.8 Å². The lowest BCUT2D eigenvalue weighted by Gasteiger charge is -2.30. The van der Waals surface area contributed by atoms with Gasteiger partial charge in [-0.3, -0.25) is 19.3 Å². The van der Waals surface area contributed by atoms with Crippen molar-refractivity contribution in [2.45, 2.75) is 46.0 Å². The molecule has 0 bridgehead atoms. The van der Waals surface area contributed by atoms with Gasteiger partial charge in [-0.2, -0.15) is 0 Å². The van der Waals surface area contributed by atoms with E-state index in [0.717, 1.165) is 25.7 Å². The molecule has 0 saturated heterocycles. The Morgan fingerprint density at radius 1 is 1.16 bits per heavy atom. The van der Waals surface area contributed by atoms with E-state index in [1.165, 1.54) is 11.8 Å². The van der Waals surface area contributed by atoms with Crippen LogP contribution in [0.2, 0.25) is 0 Å². The molecule has 5 heteroatoms. The van der Waals surface area contributed by atoms with Crippen molar-refractivity contribution in [2.24, 2.45) is 11.8 Å². The van der Waals surface area contributed by atoms with Crippen LogP contribution in [0.15, 0.2) is 0 Å². The number of carbonyl (C=O) groups is 3. The minimum absolute atomic E-state index is 0.0916. The number of hydrogen-bond acceptors (Lipinski definition) is 3. The SMILES string of the molecule is CCC(=O)N(CC1CCC(C(=O)NC)CC1)C(C)=O. The van der Waals surface area contributed by atoms with E-state index in [1.54, 1.807) is 14.0 Å². The fraction of sp³-hybridized carbons (Fsp3) is 0.786. The predicted octanol–water partition coefficient (Wildman–Crippen LogP) is 1.32. The minimum Gasteiger partial charge on any atom is -0.359 e. The van der Waals surface area contributed by atoms with Gasteiger partial charge in [-0.05, 0) is 31.6 Å². The molecule has 5 nitrogen and oxygen atoms in total. The molecule has 1 fully saturated rings. The molecule has 19 heavy (non-hydrogen) atoms. The van der Waals surface area contributed by atoms with Gasteiger partial charge in [0.1, 0.15) is 0 Å². The molecule has 0 atom stereocenters. The summed E-state index contributed by atoms with van der Waals surface area (Å²) in [6.07, 6.45) is 3.84. The summed E-state index contributed by atoms with van der Waals surface area (Å²) < 4.78 is 0. The lowest BCUT2D eigenvalue weighted by Crippen LogP contribution is -2.40. The molecule has 0 heterocycles. The van der Waals surface area contributed by atoms with Crippen molar-refractivity contribution in [1.82, 2.24) is 10.2 Å². The number of carbonyl (C=O) groups excluding carboxylic acids is 3. The largest absolute Gasteiger partial charge is 0.359 e. The molecule has 1 aliphatic rings. The number of rotatable bonds is 4. The highest BCUT2D eigenvalue weighted by Gasteiger charge is 2.28. The zero-order valence-corrected chi connectivity index (χ0v) is 12.1. The third kappa shape index (κ3) is 4.33. The number of imide groups is 1. The second-order valence-electron chi connectivity index (χ2n) is 5.21. The van der Waals surface area contributed by atoms with Gasteiger partial charge in [0.15, 0.2) is 0 Å². The van der Waals surface area contributed by atoms with Crippen molar-refractivity contribution in [3.8, 4) is 0 Å². The van der Waals surface area contributed by atoms with Crippen molar-refractivity contribution in [1.29, 1.82) is 0 Å². The van der Waals surface area contributed by atoms with Crippen LogP contribution in [-0.4, -0.2) is 36.2 Å². The van der Waals surface area contributed by atoms with Gasteiger partial charge in [0.25, 0.3) is 0 Å². The summed E-state index contributed by atoms with van der Waals surface area (Å²) in [6, 6.07) is 0. The summed E-state index contributed by atoms with van der Waals surface area (Å²) >= 11 is 0. The maximum Gasteiger partial charge on any atom is 0.228 e. The highest BCUT2D eigenvalue weighted by molar-refractivity contribution is 5.94. The monoisotopic (exact) mass is 268 g/mol. The molecule has 0 radical (unpaired) electrons. The Balaban J connectivity index is 2.49. The van der Waals surface area contributed by atoms with E-state index < -0.39 is 0 Å². The van der Waals surface area contributed by atoms with Gasteiger partial charge in [0, 0.05) is 32.9 Å². The van der Waals surface area contributed by atoms with E-state index in [1.807, 2.05) is 0 Å². The van der Waals surface area contributed by atoms with Crippen LogP contribution in [0.3, 0.4) is 0 Å². The topological polar surface area (TPSA) is 66.5 Å². The smallest absolute Gasteiger partial charge is 0.228 e. The lowest BCUT2D eigenvalue weighted by atomic mass is 9.81. The number of nitrogens with one attached hydrogen (secondary N) is 1. The second-order valence-corrected chi connectivity index (χ2v) is 5.21. The van der Waals surface area contributed by atoms with Crippen molar-refractivity contribution in [3.05, 3.63) is 0 Å². The first-order valence-corrected chi connectivity index (χ1v) is 7.02. The highest BCUT2D eigenvalue weighted by atomic mass is 16.2. The molecule has 1 aliphatic carbocycles. The highest BCUT2D eigenvalue weighted by Crippen LogP contribution is 2.29. The Hall–Kier alpha value is -1.39. The van der Waals surface area contributed by atoms with Crippen LogP contribution in [0.1, 0.15) is 46.0 Å². The molecule has 0 spiro atoms. The summed E-state index contributed by atoms with van der Waals surface area (Å²) in [5.41, 5.74) is 0. The standard InChI is InChI=1S/C14H24N2O3/c1-4-13(18)16(10(2)17)9-11-5-7-12(8-6-11)14(19)15-3/h11-12H,4-9H2,1-3H3,(H,15,19). The Kier molecular flexibility index (Phi) is 5.99. The van der Waals surface area contributed by atoms with Gasteiger partial charge in [-0.25, -0.2) is 0 Å². The molecule has 1 N–H and O–H groups in total.